The molecule has 0 aromatic heterocycles. The van der Waals surface area contributed by atoms with E-state index < -0.39 is 6.09 Å². The lowest BCUT2D eigenvalue weighted by molar-refractivity contribution is 0.155. The second-order valence-electron chi connectivity index (χ2n) is 4.54. The lowest BCUT2D eigenvalue weighted by Crippen LogP contribution is -2.13. The Balaban J connectivity index is 1.81. The van der Waals surface area contributed by atoms with Crippen LogP contribution in [0.5, 0.6) is 0 Å². The summed E-state index contributed by atoms with van der Waals surface area (Å²) < 4.78 is 5.13. The molecule has 2 rings (SSSR count). The first-order valence-corrected chi connectivity index (χ1v) is 6.71. The molecule has 0 bridgehead atoms. The third-order valence-corrected chi connectivity index (χ3v) is 2.94. The van der Waals surface area contributed by atoms with Crippen LogP contribution in [0, 0.1) is 11.3 Å². The summed E-state index contributed by atoms with van der Waals surface area (Å²) in [6.07, 6.45) is 0.727. The molecule has 0 fully saturated rings. The summed E-state index contributed by atoms with van der Waals surface area (Å²) >= 11 is 0. The standard InChI is InChI=1S/C17H16N2O2/c18-12-4-7-14-8-10-16(11-9-14)19-17(20)21-13-15-5-2-1-3-6-15/h1-3,5-6,8-11H,4,7,13H2,(H,19,20). The van der Waals surface area contributed by atoms with E-state index in [0.717, 1.165) is 17.5 Å². The van der Waals surface area contributed by atoms with Gasteiger partial charge in [-0.25, -0.2) is 4.79 Å². The number of nitriles is 1. The number of hydrogen-bond donors (Lipinski definition) is 1. The Morgan fingerprint density at radius 1 is 1.05 bits per heavy atom. The maximum absolute atomic E-state index is 11.7. The summed E-state index contributed by atoms with van der Waals surface area (Å²) in [5, 5.41) is 11.2. The number of rotatable bonds is 5. The van der Waals surface area contributed by atoms with Crippen molar-refractivity contribution in [1.82, 2.24) is 0 Å². The molecule has 2 aromatic rings. The van der Waals surface area contributed by atoms with Crippen molar-refractivity contribution in [2.75, 3.05) is 5.32 Å². The van der Waals surface area contributed by atoms with Gasteiger partial charge in [0.1, 0.15) is 6.61 Å². The third-order valence-electron chi connectivity index (χ3n) is 2.94. The Bertz CT molecular complexity index is 615. The zero-order chi connectivity index (χ0) is 14.9. The van der Waals surface area contributed by atoms with Crippen molar-refractivity contribution < 1.29 is 9.53 Å². The Morgan fingerprint density at radius 3 is 2.43 bits per heavy atom. The molecular weight excluding hydrogens is 264 g/mol. The van der Waals surface area contributed by atoms with Gasteiger partial charge < -0.3 is 4.74 Å². The topological polar surface area (TPSA) is 62.1 Å². The molecule has 1 N–H and O–H groups in total. The van der Waals surface area contributed by atoms with Gasteiger partial charge in [-0.15, -0.1) is 0 Å². The first-order chi connectivity index (χ1) is 10.3. The van der Waals surface area contributed by atoms with Crippen LogP contribution < -0.4 is 5.32 Å². The Kier molecular flexibility index (Phi) is 5.36. The number of aryl methyl sites for hydroxylation is 1. The Morgan fingerprint density at radius 2 is 1.76 bits per heavy atom. The van der Waals surface area contributed by atoms with E-state index in [9.17, 15) is 4.79 Å². The zero-order valence-corrected chi connectivity index (χ0v) is 11.6. The van der Waals surface area contributed by atoms with Crippen LogP contribution in [-0.2, 0) is 17.8 Å². The van der Waals surface area contributed by atoms with Crippen LogP contribution in [-0.4, -0.2) is 6.09 Å². The van der Waals surface area contributed by atoms with Crippen molar-refractivity contribution in [2.24, 2.45) is 0 Å². The fourth-order valence-electron chi connectivity index (χ4n) is 1.83. The number of nitrogens with one attached hydrogen (secondary N) is 1. The first-order valence-electron chi connectivity index (χ1n) is 6.71. The lowest BCUT2D eigenvalue weighted by atomic mass is 10.1. The van der Waals surface area contributed by atoms with Crippen LogP contribution in [0.4, 0.5) is 10.5 Å². The molecule has 0 saturated heterocycles. The highest BCUT2D eigenvalue weighted by Crippen LogP contribution is 2.11. The van der Waals surface area contributed by atoms with E-state index in [0.29, 0.717) is 12.1 Å². The molecule has 0 spiro atoms. The molecule has 21 heavy (non-hydrogen) atoms. The summed E-state index contributed by atoms with van der Waals surface area (Å²) in [5.74, 6) is 0. The monoisotopic (exact) mass is 280 g/mol. The van der Waals surface area contributed by atoms with Crippen molar-refractivity contribution in [1.29, 1.82) is 5.26 Å². The van der Waals surface area contributed by atoms with Crippen molar-refractivity contribution in [3.63, 3.8) is 0 Å². The number of benzene rings is 2. The average Bonchev–Trinajstić information content (AvgIpc) is 2.53. The van der Waals surface area contributed by atoms with E-state index in [-0.39, 0.29) is 6.61 Å². The maximum atomic E-state index is 11.7. The molecule has 0 unspecified atom stereocenters. The van der Waals surface area contributed by atoms with Crippen molar-refractivity contribution in [3.8, 4) is 6.07 Å². The summed E-state index contributed by atoms with van der Waals surface area (Å²) in [4.78, 5) is 11.7. The van der Waals surface area contributed by atoms with Gasteiger partial charge in [-0.05, 0) is 29.7 Å². The molecule has 1 amide bonds. The van der Waals surface area contributed by atoms with Gasteiger partial charge in [0.2, 0.25) is 0 Å². The molecule has 0 saturated carbocycles. The van der Waals surface area contributed by atoms with Gasteiger partial charge in [0.25, 0.3) is 0 Å². The molecule has 0 radical (unpaired) electrons. The molecule has 4 nitrogen and oxygen atoms in total. The van der Waals surface area contributed by atoms with Crippen LogP contribution in [0.3, 0.4) is 0 Å². The van der Waals surface area contributed by atoms with Gasteiger partial charge in [-0.1, -0.05) is 42.5 Å². The molecule has 2 aromatic carbocycles. The number of carbonyl (C=O) groups excluding carboxylic acids is 1. The van der Waals surface area contributed by atoms with Crippen LogP contribution in [0.1, 0.15) is 17.5 Å². The highest BCUT2D eigenvalue weighted by atomic mass is 16.5. The number of hydrogen-bond acceptors (Lipinski definition) is 3. The van der Waals surface area contributed by atoms with Crippen molar-refractivity contribution in [3.05, 3.63) is 65.7 Å². The van der Waals surface area contributed by atoms with Gasteiger partial charge in [-0.3, -0.25) is 5.32 Å². The van der Waals surface area contributed by atoms with Gasteiger partial charge in [0.15, 0.2) is 0 Å². The number of anilines is 1. The fraction of sp³-hybridized carbons (Fsp3) is 0.176. The van der Waals surface area contributed by atoms with Crippen molar-refractivity contribution in [2.45, 2.75) is 19.4 Å². The summed E-state index contributed by atoms with van der Waals surface area (Å²) in [6.45, 7) is 0.243. The highest BCUT2D eigenvalue weighted by molar-refractivity contribution is 5.84. The minimum atomic E-state index is -0.483. The van der Waals surface area contributed by atoms with E-state index in [2.05, 4.69) is 11.4 Å². The minimum Gasteiger partial charge on any atom is -0.444 e. The fourth-order valence-corrected chi connectivity index (χ4v) is 1.83. The quantitative estimate of drug-likeness (QED) is 0.903. The van der Waals surface area contributed by atoms with Crippen molar-refractivity contribution >= 4 is 11.8 Å². The van der Waals surface area contributed by atoms with Crippen LogP contribution in [0.15, 0.2) is 54.6 Å². The summed E-state index contributed by atoms with van der Waals surface area (Å²) in [7, 11) is 0. The zero-order valence-electron chi connectivity index (χ0n) is 11.6. The molecule has 0 aliphatic heterocycles. The summed E-state index contributed by atoms with van der Waals surface area (Å²) in [5.41, 5.74) is 2.69. The smallest absolute Gasteiger partial charge is 0.411 e. The van der Waals surface area contributed by atoms with E-state index in [1.54, 1.807) is 12.1 Å². The van der Waals surface area contributed by atoms with Crippen LogP contribution in [0.25, 0.3) is 0 Å². The van der Waals surface area contributed by atoms with E-state index in [4.69, 9.17) is 10.00 Å². The largest absolute Gasteiger partial charge is 0.444 e. The number of ether oxygens (including phenoxy) is 1. The molecule has 0 atom stereocenters. The second-order valence-corrected chi connectivity index (χ2v) is 4.54. The van der Waals surface area contributed by atoms with E-state index in [1.807, 2.05) is 42.5 Å². The predicted octanol–water partition coefficient (Wildman–Crippen LogP) is 3.89. The summed E-state index contributed by atoms with van der Waals surface area (Å²) in [6, 6.07) is 19.0. The Hall–Kier alpha value is -2.80. The number of carbonyl (C=O) groups is 1. The molecule has 0 aliphatic carbocycles. The van der Waals surface area contributed by atoms with Gasteiger partial charge in [-0.2, -0.15) is 5.26 Å². The first kappa shape index (κ1) is 14.6. The van der Waals surface area contributed by atoms with Crippen LogP contribution >= 0.6 is 0 Å². The molecule has 106 valence electrons. The van der Waals surface area contributed by atoms with E-state index in [1.165, 1.54) is 0 Å². The van der Waals surface area contributed by atoms with Gasteiger partial charge in [0, 0.05) is 12.1 Å². The number of nitrogens with zero attached hydrogens (tertiary/aromatic N) is 1. The second kappa shape index (κ2) is 7.71. The molecule has 0 aliphatic rings. The van der Waals surface area contributed by atoms with Gasteiger partial charge in [0.05, 0.1) is 6.07 Å². The van der Waals surface area contributed by atoms with Gasteiger partial charge >= 0.3 is 6.09 Å². The Labute approximate surface area is 124 Å². The maximum Gasteiger partial charge on any atom is 0.411 e. The predicted molar refractivity (Wildman–Crippen MR) is 80.6 cm³/mol. The third kappa shape index (κ3) is 5.00. The lowest BCUT2D eigenvalue weighted by Gasteiger charge is -2.07. The normalized spacial score (nSPS) is 9.67. The SMILES string of the molecule is N#CCCc1ccc(NC(=O)OCc2ccccc2)cc1. The van der Waals surface area contributed by atoms with Crippen LogP contribution in [0.2, 0.25) is 0 Å². The molecule has 4 heteroatoms. The highest BCUT2D eigenvalue weighted by Gasteiger charge is 2.03. The molecular formula is C17H16N2O2. The molecule has 0 heterocycles. The number of amides is 1. The van der Waals surface area contributed by atoms with E-state index >= 15 is 0 Å². The average molecular weight is 280 g/mol. The minimum absolute atomic E-state index is 0.243.